The molecule has 0 N–H and O–H groups in total. The van der Waals surface area contributed by atoms with Gasteiger partial charge in [0, 0.05) is 11.3 Å². The van der Waals surface area contributed by atoms with Crippen LogP contribution in [0.5, 0.6) is 0 Å². The molecular weight excluding hydrogens is 272 g/mol. The Hall–Kier alpha value is -0.540. The van der Waals surface area contributed by atoms with Gasteiger partial charge < -0.3 is 4.74 Å². The van der Waals surface area contributed by atoms with Crippen LogP contribution in [0.3, 0.4) is 0 Å². The number of aryl methyl sites for hydroxylation is 1. The zero-order chi connectivity index (χ0) is 15.3. The number of nitrogens with zero attached hydrogens (tertiary/aromatic N) is 2. The van der Waals surface area contributed by atoms with E-state index in [9.17, 15) is 0 Å². The van der Waals surface area contributed by atoms with Crippen LogP contribution in [0.1, 0.15) is 70.3 Å². The highest BCUT2D eigenvalue weighted by molar-refractivity contribution is 6.20. The van der Waals surface area contributed by atoms with Crippen molar-refractivity contribution >= 4 is 11.6 Å². The summed E-state index contributed by atoms with van der Waals surface area (Å²) in [7, 11) is 0. The van der Waals surface area contributed by atoms with E-state index in [-0.39, 0.29) is 11.0 Å². The first-order valence-corrected chi connectivity index (χ1v) is 8.14. The second kappa shape index (κ2) is 7.46. The third-order valence-corrected chi connectivity index (χ3v) is 3.88. The number of alkyl halides is 1. The maximum absolute atomic E-state index is 6.49. The molecule has 3 nitrogen and oxygen atoms in total. The summed E-state index contributed by atoms with van der Waals surface area (Å²) in [5.74, 6) is 0. The molecule has 116 valence electrons. The number of ether oxygens (including phenoxy) is 1. The van der Waals surface area contributed by atoms with Gasteiger partial charge in [0.2, 0.25) is 0 Å². The molecule has 0 saturated heterocycles. The third-order valence-electron chi connectivity index (χ3n) is 3.35. The predicted molar refractivity (Wildman–Crippen MR) is 85.6 cm³/mol. The Morgan fingerprint density at radius 1 is 1.20 bits per heavy atom. The van der Waals surface area contributed by atoms with Crippen molar-refractivity contribution in [2.45, 2.75) is 78.3 Å². The zero-order valence-electron chi connectivity index (χ0n) is 13.8. The Morgan fingerprint density at radius 3 is 2.30 bits per heavy atom. The van der Waals surface area contributed by atoms with Gasteiger partial charge in [-0.05, 0) is 40.0 Å². The van der Waals surface area contributed by atoms with Gasteiger partial charge in [0.15, 0.2) is 0 Å². The average Bonchev–Trinajstić information content (AvgIpc) is 2.74. The minimum Gasteiger partial charge on any atom is -0.374 e. The number of hydrogen-bond acceptors (Lipinski definition) is 2. The molecule has 0 aliphatic heterocycles. The van der Waals surface area contributed by atoms with Gasteiger partial charge >= 0.3 is 0 Å². The van der Waals surface area contributed by atoms with Crippen molar-refractivity contribution in [2.75, 3.05) is 6.61 Å². The van der Waals surface area contributed by atoms with Gasteiger partial charge in [-0.15, -0.1) is 11.6 Å². The summed E-state index contributed by atoms with van der Waals surface area (Å²) in [4.78, 5) is 0. The molecular formula is C16H29ClN2O. The molecule has 1 aromatic heterocycles. The van der Waals surface area contributed by atoms with Crippen LogP contribution in [0.4, 0.5) is 0 Å². The number of rotatable bonds is 7. The van der Waals surface area contributed by atoms with Crippen molar-refractivity contribution in [3.63, 3.8) is 0 Å². The zero-order valence-corrected chi connectivity index (χ0v) is 14.5. The van der Waals surface area contributed by atoms with Gasteiger partial charge in [-0.3, -0.25) is 4.68 Å². The van der Waals surface area contributed by atoms with Crippen molar-refractivity contribution in [1.29, 1.82) is 0 Å². The smallest absolute Gasteiger partial charge is 0.0671 e. The molecule has 0 aliphatic rings. The maximum atomic E-state index is 6.49. The largest absolute Gasteiger partial charge is 0.374 e. The lowest BCUT2D eigenvalue weighted by molar-refractivity contribution is -0.00817. The van der Waals surface area contributed by atoms with E-state index in [1.54, 1.807) is 0 Å². The van der Waals surface area contributed by atoms with Crippen LogP contribution in [-0.4, -0.2) is 22.0 Å². The van der Waals surface area contributed by atoms with Crippen LogP contribution in [0.25, 0.3) is 0 Å². The molecule has 0 saturated carbocycles. The van der Waals surface area contributed by atoms with Crippen molar-refractivity contribution in [1.82, 2.24) is 9.78 Å². The van der Waals surface area contributed by atoms with Crippen LogP contribution in [-0.2, 0) is 24.1 Å². The van der Waals surface area contributed by atoms with Crippen LogP contribution >= 0.6 is 11.6 Å². The van der Waals surface area contributed by atoms with Gasteiger partial charge in [-0.1, -0.05) is 20.8 Å². The molecule has 1 rings (SSSR count). The van der Waals surface area contributed by atoms with Gasteiger partial charge in [0.25, 0.3) is 0 Å². The minimum absolute atomic E-state index is 0.0668. The van der Waals surface area contributed by atoms with Crippen LogP contribution in [0.15, 0.2) is 0 Å². The molecule has 20 heavy (non-hydrogen) atoms. The van der Waals surface area contributed by atoms with E-state index in [2.05, 4.69) is 46.2 Å². The second-order valence-electron chi connectivity index (χ2n) is 6.07. The highest BCUT2D eigenvalue weighted by Crippen LogP contribution is 2.31. The summed E-state index contributed by atoms with van der Waals surface area (Å²) in [5, 5.41) is 4.81. The number of halogens is 1. The molecule has 0 amide bonds. The molecule has 1 unspecified atom stereocenters. The minimum atomic E-state index is -0.103. The maximum Gasteiger partial charge on any atom is 0.0671 e. The van der Waals surface area contributed by atoms with Gasteiger partial charge in [0.05, 0.1) is 29.8 Å². The Bertz CT molecular complexity index is 421. The lowest BCUT2D eigenvalue weighted by atomic mass is 10.0. The fourth-order valence-corrected chi connectivity index (χ4v) is 2.64. The van der Waals surface area contributed by atoms with Crippen LogP contribution < -0.4 is 0 Å². The highest BCUT2D eigenvalue weighted by atomic mass is 35.5. The summed E-state index contributed by atoms with van der Waals surface area (Å²) in [5.41, 5.74) is 3.55. The first-order valence-electron chi connectivity index (χ1n) is 7.70. The average molecular weight is 301 g/mol. The summed E-state index contributed by atoms with van der Waals surface area (Å²) < 4.78 is 7.90. The molecule has 4 heteroatoms. The first-order chi connectivity index (χ1) is 9.34. The lowest BCUT2D eigenvalue weighted by Crippen LogP contribution is -2.22. The Morgan fingerprint density at radius 2 is 1.85 bits per heavy atom. The van der Waals surface area contributed by atoms with E-state index < -0.39 is 0 Å². The molecule has 0 aromatic carbocycles. The van der Waals surface area contributed by atoms with Crippen molar-refractivity contribution in [3.8, 4) is 0 Å². The molecule has 0 radical (unpaired) electrons. The monoisotopic (exact) mass is 300 g/mol. The van der Waals surface area contributed by atoms with E-state index in [4.69, 9.17) is 21.4 Å². The normalized spacial score (nSPS) is 13.8. The van der Waals surface area contributed by atoms with Gasteiger partial charge in [-0.25, -0.2) is 0 Å². The standard InChI is InChI=1S/C16H29ClN2O/c1-7-12(17)15-13(8-2)18-19(14(15)9-3)10-11-20-16(4,5)6/h12H,7-11H2,1-6H3. The molecule has 1 aromatic rings. The van der Waals surface area contributed by atoms with E-state index in [1.165, 1.54) is 11.3 Å². The van der Waals surface area contributed by atoms with Gasteiger partial charge in [0.1, 0.15) is 0 Å². The van der Waals surface area contributed by atoms with Crippen LogP contribution in [0, 0.1) is 0 Å². The summed E-state index contributed by atoms with van der Waals surface area (Å²) in [6.45, 7) is 14.1. The Kier molecular flexibility index (Phi) is 6.53. The molecule has 1 atom stereocenters. The van der Waals surface area contributed by atoms with E-state index >= 15 is 0 Å². The van der Waals surface area contributed by atoms with Crippen molar-refractivity contribution in [3.05, 3.63) is 17.0 Å². The van der Waals surface area contributed by atoms with E-state index in [0.29, 0.717) is 6.61 Å². The van der Waals surface area contributed by atoms with E-state index in [1.807, 2.05) is 0 Å². The summed E-state index contributed by atoms with van der Waals surface area (Å²) in [6.07, 6.45) is 2.82. The van der Waals surface area contributed by atoms with E-state index in [0.717, 1.165) is 31.5 Å². The summed E-state index contributed by atoms with van der Waals surface area (Å²) >= 11 is 6.49. The topological polar surface area (TPSA) is 27.1 Å². The summed E-state index contributed by atoms with van der Waals surface area (Å²) in [6, 6.07) is 0. The number of hydrogen-bond donors (Lipinski definition) is 0. The quantitative estimate of drug-likeness (QED) is 0.693. The number of aromatic nitrogens is 2. The molecule has 1 heterocycles. The Labute approximate surface area is 128 Å². The molecule has 0 bridgehead atoms. The lowest BCUT2D eigenvalue weighted by Gasteiger charge is -2.20. The fraction of sp³-hybridized carbons (Fsp3) is 0.812. The second-order valence-corrected chi connectivity index (χ2v) is 6.60. The fourth-order valence-electron chi connectivity index (χ4n) is 2.39. The van der Waals surface area contributed by atoms with Crippen LogP contribution in [0.2, 0.25) is 0 Å². The molecule has 0 fully saturated rings. The van der Waals surface area contributed by atoms with Crippen molar-refractivity contribution < 1.29 is 4.74 Å². The first kappa shape index (κ1) is 17.5. The third kappa shape index (κ3) is 4.49. The highest BCUT2D eigenvalue weighted by Gasteiger charge is 2.21. The SMILES string of the molecule is CCc1nn(CCOC(C)(C)C)c(CC)c1C(Cl)CC. The molecule has 0 spiro atoms. The van der Waals surface area contributed by atoms with Gasteiger partial charge in [-0.2, -0.15) is 5.10 Å². The molecule has 0 aliphatic carbocycles. The Balaban J connectivity index is 2.93. The predicted octanol–water partition coefficient (Wildman–Crippen LogP) is 4.51. The van der Waals surface area contributed by atoms with Crippen molar-refractivity contribution in [2.24, 2.45) is 0 Å².